The zero-order chi connectivity index (χ0) is 15.0. The molecule has 8 heteroatoms. The first-order valence-electron chi connectivity index (χ1n) is 6.02. The molecule has 0 unspecified atom stereocenters. The molecule has 0 aliphatic heterocycles. The van der Waals surface area contributed by atoms with Gasteiger partial charge in [0.15, 0.2) is 0 Å². The molecule has 0 spiro atoms. The topological polar surface area (TPSA) is 98.7 Å². The van der Waals surface area contributed by atoms with E-state index in [0.717, 1.165) is 0 Å². The first kappa shape index (κ1) is 16.1. The van der Waals surface area contributed by atoms with Gasteiger partial charge in [-0.25, -0.2) is 0 Å². The van der Waals surface area contributed by atoms with Gasteiger partial charge in [0.25, 0.3) is 11.8 Å². The van der Waals surface area contributed by atoms with E-state index in [4.69, 9.17) is 5.11 Å². The van der Waals surface area contributed by atoms with Crippen molar-refractivity contribution < 1.29 is 19.5 Å². The summed E-state index contributed by atoms with van der Waals surface area (Å²) in [4.78, 5) is 35.6. The second kappa shape index (κ2) is 8.28. The van der Waals surface area contributed by atoms with Crippen LogP contribution in [0.2, 0.25) is 0 Å². The van der Waals surface area contributed by atoms with E-state index < -0.39 is 5.97 Å². The van der Waals surface area contributed by atoms with Crippen molar-refractivity contribution in [3.8, 4) is 0 Å². The van der Waals surface area contributed by atoms with Gasteiger partial charge in [0.05, 0.1) is 11.4 Å². The second-order valence-electron chi connectivity index (χ2n) is 4.21. The summed E-state index contributed by atoms with van der Waals surface area (Å²) in [6.07, 6.45) is 0.543. The van der Waals surface area contributed by atoms with Gasteiger partial charge in [-0.3, -0.25) is 30.1 Å². The molecule has 1 rings (SSSR count). The Hall–Kier alpha value is -1.93. The summed E-state index contributed by atoms with van der Waals surface area (Å²) in [7, 11) is 1.71. The Bertz CT molecular complexity index is 461. The SMILES string of the molecule is CN(CCCC(=O)O)CC(=O)NNC(=O)c1cccs1. The highest BCUT2D eigenvalue weighted by Gasteiger charge is 2.10. The van der Waals surface area contributed by atoms with Gasteiger partial charge in [-0.1, -0.05) is 6.07 Å². The number of hydrogen-bond acceptors (Lipinski definition) is 5. The maximum Gasteiger partial charge on any atom is 0.303 e. The van der Waals surface area contributed by atoms with Crippen molar-refractivity contribution in [2.24, 2.45) is 0 Å². The third kappa shape index (κ3) is 6.30. The molecular formula is C12H17N3O4S. The molecular weight excluding hydrogens is 282 g/mol. The Kier molecular flexibility index (Phi) is 6.68. The van der Waals surface area contributed by atoms with Crippen molar-refractivity contribution in [3.63, 3.8) is 0 Å². The fourth-order valence-electron chi connectivity index (χ4n) is 1.46. The maximum atomic E-state index is 11.5. The van der Waals surface area contributed by atoms with Crippen LogP contribution in [0.25, 0.3) is 0 Å². The Morgan fingerprint density at radius 3 is 2.70 bits per heavy atom. The summed E-state index contributed by atoms with van der Waals surface area (Å²) in [6, 6.07) is 3.40. The average molecular weight is 299 g/mol. The molecule has 7 nitrogen and oxygen atoms in total. The number of thiophene rings is 1. The number of carbonyl (C=O) groups excluding carboxylic acids is 2. The average Bonchev–Trinajstić information content (AvgIpc) is 2.89. The number of amides is 2. The van der Waals surface area contributed by atoms with Crippen LogP contribution in [0.1, 0.15) is 22.5 Å². The molecule has 20 heavy (non-hydrogen) atoms. The van der Waals surface area contributed by atoms with Crippen LogP contribution >= 0.6 is 11.3 Å². The molecule has 0 saturated heterocycles. The third-order valence-corrected chi connectivity index (χ3v) is 3.27. The number of aliphatic carboxylic acids is 1. The Morgan fingerprint density at radius 1 is 1.35 bits per heavy atom. The van der Waals surface area contributed by atoms with Crippen molar-refractivity contribution in [2.45, 2.75) is 12.8 Å². The van der Waals surface area contributed by atoms with Gasteiger partial charge >= 0.3 is 5.97 Å². The van der Waals surface area contributed by atoms with E-state index in [1.807, 2.05) is 0 Å². The minimum atomic E-state index is -0.855. The largest absolute Gasteiger partial charge is 0.481 e. The molecule has 3 N–H and O–H groups in total. The van der Waals surface area contributed by atoms with Gasteiger partial charge < -0.3 is 5.11 Å². The van der Waals surface area contributed by atoms with Gasteiger partial charge in [0.1, 0.15) is 0 Å². The molecule has 1 aromatic heterocycles. The molecule has 0 atom stereocenters. The van der Waals surface area contributed by atoms with Crippen LogP contribution in [0, 0.1) is 0 Å². The Labute approximate surface area is 120 Å². The summed E-state index contributed by atoms with van der Waals surface area (Å²) >= 11 is 1.28. The predicted molar refractivity (Wildman–Crippen MR) is 74.3 cm³/mol. The number of carbonyl (C=O) groups is 3. The fraction of sp³-hybridized carbons (Fsp3) is 0.417. The molecule has 0 aliphatic carbocycles. The highest BCUT2D eigenvalue weighted by Crippen LogP contribution is 2.06. The van der Waals surface area contributed by atoms with Crippen LogP contribution in [0.4, 0.5) is 0 Å². The van der Waals surface area contributed by atoms with Crippen LogP contribution in [0.5, 0.6) is 0 Å². The molecule has 110 valence electrons. The Balaban J connectivity index is 2.19. The first-order valence-corrected chi connectivity index (χ1v) is 6.90. The zero-order valence-corrected chi connectivity index (χ0v) is 11.9. The lowest BCUT2D eigenvalue weighted by molar-refractivity contribution is -0.137. The van der Waals surface area contributed by atoms with Crippen molar-refractivity contribution >= 4 is 29.1 Å². The van der Waals surface area contributed by atoms with E-state index in [9.17, 15) is 14.4 Å². The molecule has 0 aliphatic rings. The summed E-state index contributed by atoms with van der Waals surface area (Å²) < 4.78 is 0. The monoisotopic (exact) mass is 299 g/mol. The predicted octanol–water partition coefficient (Wildman–Crippen LogP) is 0.306. The lowest BCUT2D eigenvalue weighted by atomic mass is 10.3. The summed E-state index contributed by atoms with van der Waals surface area (Å²) in [5.41, 5.74) is 4.63. The number of carboxylic acids is 1. The van der Waals surface area contributed by atoms with E-state index in [1.54, 1.807) is 29.5 Å². The van der Waals surface area contributed by atoms with Crippen molar-refractivity contribution in [2.75, 3.05) is 20.1 Å². The molecule has 1 heterocycles. The molecule has 2 amide bonds. The van der Waals surface area contributed by atoms with Gasteiger partial charge in [-0.2, -0.15) is 0 Å². The number of nitrogens with one attached hydrogen (secondary N) is 2. The van der Waals surface area contributed by atoms with Gasteiger partial charge in [0.2, 0.25) is 0 Å². The van der Waals surface area contributed by atoms with E-state index in [2.05, 4.69) is 10.9 Å². The minimum Gasteiger partial charge on any atom is -0.481 e. The standard InChI is InChI=1S/C12H17N3O4S/c1-15(6-2-5-11(17)18)8-10(16)13-14-12(19)9-4-3-7-20-9/h3-4,7H,2,5-6,8H2,1H3,(H,13,16)(H,14,19)(H,17,18). The highest BCUT2D eigenvalue weighted by molar-refractivity contribution is 7.12. The van der Waals surface area contributed by atoms with Crippen LogP contribution < -0.4 is 10.9 Å². The lowest BCUT2D eigenvalue weighted by Crippen LogP contribution is -2.45. The van der Waals surface area contributed by atoms with Crippen LogP contribution in [-0.2, 0) is 9.59 Å². The van der Waals surface area contributed by atoms with E-state index in [-0.39, 0.29) is 24.8 Å². The zero-order valence-electron chi connectivity index (χ0n) is 11.1. The molecule has 0 aromatic carbocycles. The number of rotatable bonds is 7. The van der Waals surface area contributed by atoms with Gasteiger partial charge in [0, 0.05) is 6.42 Å². The molecule has 0 bridgehead atoms. The fourth-order valence-corrected chi connectivity index (χ4v) is 2.08. The number of hydrogen-bond donors (Lipinski definition) is 3. The number of carboxylic acid groups (broad SMARTS) is 1. The number of likely N-dealkylation sites (N-methyl/N-ethyl adjacent to an activating group) is 1. The lowest BCUT2D eigenvalue weighted by Gasteiger charge is -2.15. The summed E-state index contributed by atoms with van der Waals surface area (Å²) in [5.74, 6) is -1.57. The van der Waals surface area contributed by atoms with E-state index in [0.29, 0.717) is 17.8 Å². The molecule has 0 radical (unpaired) electrons. The third-order valence-electron chi connectivity index (χ3n) is 2.40. The summed E-state index contributed by atoms with van der Waals surface area (Å²) in [5, 5.41) is 10.3. The number of nitrogens with zero attached hydrogens (tertiary/aromatic N) is 1. The smallest absolute Gasteiger partial charge is 0.303 e. The van der Waals surface area contributed by atoms with Crippen molar-refractivity contribution in [3.05, 3.63) is 22.4 Å². The van der Waals surface area contributed by atoms with Crippen molar-refractivity contribution in [1.82, 2.24) is 15.8 Å². The van der Waals surface area contributed by atoms with Crippen LogP contribution in [0.3, 0.4) is 0 Å². The van der Waals surface area contributed by atoms with Gasteiger partial charge in [-0.15, -0.1) is 11.3 Å². The normalized spacial score (nSPS) is 10.3. The second-order valence-corrected chi connectivity index (χ2v) is 5.16. The first-order chi connectivity index (χ1) is 9.49. The molecule has 1 aromatic rings. The minimum absolute atomic E-state index is 0.0705. The van der Waals surface area contributed by atoms with Crippen molar-refractivity contribution in [1.29, 1.82) is 0 Å². The number of hydrazine groups is 1. The van der Waals surface area contributed by atoms with E-state index >= 15 is 0 Å². The van der Waals surface area contributed by atoms with Crippen LogP contribution in [0.15, 0.2) is 17.5 Å². The van der Waals surface area contributed by atoms with Crippen LogP contribution in [-0.4, -0.2) is 47.9 Å². The summed E-state index contributed by atoms with van der Waals surface area (Å²) in [6.45, 7) is 0.586. The molecule has 0 fully saturated rings. The quantitative estimate of drug-likeness (QED) is 0.629. The van der Waals surface area contributed by atoms with E-state index in [1.165, 1.54) is 11.3 Å². The molecule has 0 saturated carbocycles. The highest BCUT2D eigenvalue weighted by atomic mass is 32.1. The Morgan fingerprint density at radius 2 is 2.10 bits per heavy atom. The van der Waals surface area contributed by atoms with Gasteiger partial charge in [-0.05, 0) is 31.5 Å². The maximum absolute atomic E-state index is 11.5.